The van der Waals surface area contributed by atoms with Crippen LogP contribution in [-0.4, -0.2) is 102 Å². The number of likely N-dealkylation sites (tertiary alicyclic amines) is 1. The van der Waals surface area contributed by atoms with Crippen molar-refractivity contribution in [2.75, 3.05) is 39.8 Å². The fraction of sp³-hybridized carbons (Fsp3) is 0.645. The van der Waals surface area contributed by atoms with Crippen molar-refractivity contribution in [1.82, 2.24) is 25.3 Å². The van der Waals surface area contributed by atoms with Gasteiger partial charge in [-0.25, -0.2) is 0 Å². The average Bonchev–Trinajstić information content (AvgIpc) is 3.42. The number of carbonyl (C=O) groups is 2. The van der Waals surface area contributed by atoms with E-state index in [-0.39, 0.29) is 41.6 Å². The van der Waals surface area contributed by atoms with Crippen molar-refractivity contribution in [3.63, 3.8) is 0 Å². The van der Waals surface area contributed by atoms with E-state index in [0.717, 1.165) is 31.4 Å². The highest BCUT2D eigenvalue weighted by molar-refractivity contribution is 6.21. The third-order valence-corrected chi connectivity index (χ3v) is 10.4. The molecule has 0 aromatic heterocycles. The maximum Gasteiger partial charge on any atom is 0.246 e. The van der Waals surface area contributed by atoms with E-state index in [1.807, 2.05) is 24.3 Å². The number of nitriles is 1. The van der Waals surface area contributed by atoms with Crippen LogP contribution in [0.1, 0.15) is 49.5 Å². The smallest absolute Gasteiger partial charge is 0.246 e. The molecule has 4 aliphatic heterocycles. The molecule has 226 valence electrons. The van der Waals surface area contributed by atoms with Gasteiger partial charge in [-0.1, -0.05) is 24.8 Å². The van der Waals surface area contributed by atoms with E-state index < -0.39 is 18.0 Å². The zero-order valence-corrected chi connectivity index (χ0v) is 25.0. The van der Waals surface area contributed by atoms with Gasteiger partial charge in [0.05, 0.1) is 42.7 Å². The third kappa shape index (κ3) is 5.47. The van der Waals surface area contributed by atoms with Crippen LogP contribution >= 0.6 is 11.6 Å². The number of ketones is 1. The molecule has 4 heterocycles. The summed E-state index contributed by atoms with van der Waals surface area (Å²) in [6.45, 7) is 6.89. The monoisotopic (exact) mass is 596 g/mol. The van der Waals surface area contributed by atoms with Gasteiger partial charge in [0.1, 0.15) is 5.75 Å². The van der Waals surface area contributed by atoms with Crippen LogP contribution in [0.5, 0.6) is 5.75 Å². The number of hydrogen-bond donors (Lipinski definition) is 2. The number of likely N-dealkylation sites (N-methyl/N-ethyl adjacent to an activating group) is 1. The fourth-order valence-corrected chi connectivity index (χ4v) is 8.10. The van der Waals surface area contributed by atoms with Crippen LogP contribution in [0, 0.1) is 17.2 Å². The van der Waals surface area contributed by atoms with Crippen molar-refractivity contribution >= 4 is 23.3 Å². The summed E-state index contributed by atoms with van der Waals surface area (Å²) in [5.74, 6) is 0.496. The number of hydrogen-bond acceptors (Lipinski definition) is 9. The van der Waals surface area contributed by atoms with Crippen LogP contribution in [-0.2, 0) is 14.3 Å². The number of para-hydroxylation sites is 1. The number of nitrogens with one attached hydrogen (secondary N) is 2. The minimum atomic E-state index is -0.995. The Balaban J connectivity index is 1.25. The number of amides is 1. The number of carbonyl (C=O) groups excluding carboxylic acids is 2. The molecular formula is C31H41ClN6O4. The number of fused-ring (bicyclic) bond motifs is 2. The standard InChI is InChI=1S/C31H41ClN6O4/c1-3-26(39)38-16-15-37(18-20(38)11-13-33)29-23-10-12-31(17-24(32)22-8-4-5-9-25(22)42-31)28(40)27(23)34-30(35-29)41-19-21-7-6-14-36(21)2/h3-5,8-9,20-21,23-24,27,29-30,34-35H,1,6-7,10-12,14-19H2,2H3/t20?,21?,23?,24?,27?,29?,30?,31-/m1/s1. The molecule has 1 aliphatic carbocycles. The second-order valence-corrected chi connectivity index (χ2v) is 12.9. The van der Waals surface area contributed by atoms with Crippen molar-refractivity contribution in [2.45, 2.75) is 80.1 Å². The number of halogens is 1. The summed E-state index contributed by atoms with van der Waals surface area (Å²) in [6, 6.07) is 9.55. The molecule has 10 nitrogen and oxygen atoms in total. The highest BCUT2D eigenvalue weighted by Crippen LogP contribution is 2.49. The summed E-state index contributed by atoms with van der Waals surface area (Å²) in [4.78, 5) is 33.4. The highest BCUT2D eigenvalue weighted by atomic mass is 35.5. The molecule has 1 saturated carbocycles. The molecule has 0 radical (unpaired) electrons. The SMILES string of the molecule is C=CC(=O)N1CCN(C2NC(OCC3CCCN3C)NC3C(=O)[C@@]4(CCC32)CC(Cl)c2ccccc2O4)CC1CC#N. The minimum absolute atomic E-state index is 0.0195. The molecule has 0 bridgehead atoms. The average molecular weight is 597 g/mol. The van der Waals surface area contributed by atoms with Crippen molar-refractivity contribution in [3.05, 3.63) is 42.5 Å². The lowest BCUT2D eigenvalue weighted by molar-refractivity contribution is -0.161. The Hall–Kier alpha value is -2.52. The molecule has 42 heavy (non-hydrogen) atoms. The maximum atomic E-state index is 14.5. The van der Waals surface area contributed by atoms with Gasteiger partial charge < -0.3 is 19.3 Å². The lowest BCUT2D eigenvalue weighted by Gasteiger charge is -2.55. The molecule has 11 heteroatoms. The lowest BCUT2D eigenvalue weighted by Crippen LogP contribution is -2.76. The van der Waals surface area contributed by atoms with Crippen molar-refractivity contribution < 1.29 is 19.1 Å². The number of rotatable bonds is 6. The molecule has 1 spiro atoms. The molecule has 7 unspecified atom stereocenters. The Morgan fingerprint density at radius 1 is 1.26 bits per heavy atom. The molecule has 1 aromatic carbocycles. The Kier molecular flexibility index (Phi) is 8.60. The first-order valence-corrected chi connectivity index (χ1v) is 15.6. The van der Waals surface area contributed by atoms with E-state index in [4.69, 9.17) is 21.1 Å². The zero-order chi connectivity index (χ0) is 29.4. The molecule has 6 rings (SSSR count). The van der Waals surface area contributed by atoms with Gasteiger partial charge in [-0.15, -0.1) is 11.6 Å². The Morgan fingerprint density at radius 2 is 2.10 bits per heavy atom. The summed E-state index contributed by atoms with van der Waals surface area (Å²) in [5.41, 5.74) is -0.0703. The molecule has 4 fully saturated rings. The summed E-state index contributed by atoms with van der Waals surface area (Å²) in [7, 11) is 2.12. The Labute approximate surface area is 252 Å². The number of Topliss-reactive ketones (excluding diaryl/α,β-unsaturated/α-hetero) is 1. The second kappa shape index (κ2) is 12.2. The Morgan fingerprint density at radius 3 is 2.86 bits per heavy atom. The van der Waals surface area contributed by atoms with E-state index in [1.165, 1.54) is 6.08 Å². The number of nitrogens with zero attached hydrogens (tertiary/aromatic N) is 4. The zero-order valence-electron chi connectivity index (χ0n) is 24.2. The molecule has 3 saturated heterocycles. The minimum Gasteiger partial charge on any atom is -0.479 e. The van der Waals surface area contributed by atoms with Crippen LogP contribution < -0.4 is 15.4 Å². The van der Waals surface area contributed by atoms with E-state index in [1.54, 1.807) is 4.90 Å². The molecule has 1 amide bonds. The summed E-state index contributed by atoms with van der Waals surface area (Å²) < 4.78 is 12.9. The molecule has 8 atom stereocenters. The second-order valence-electron chi connectivity index (χ2n) is 12.4. The van der Waals surface area contributed by atoms with Gasteiger partial charge in [0.2, 0.25) is 5.91 Å². The van der Waals surface area contributed by atoms with Gasteiger partial charge in [-0.2, -0.15) is 5.26 Å². The number of alkyl halides is 1. The van der Waals surface area contributed by atoms with Crippen LogP contribution in [0.15, 0.2) is 36.9 Å². The fourth-order valence-electron chi connectivity index (χ4n) is 7.67. The van der Waals surface area contributed by atoms with E-state index in [9.17, 15) is 14.9 Å². The van der Waals surface area contributed by atoms with Crippen LogP contribution in [0.2, 0.25) is 0 Å². The maximum absolute atomic E-state index is 14.5. The van der Waals surface area contributed by atoms with Crippen LogP contribution in [0.4, 0.5) is 0 Å². The number of piperazine rings is 1. The van der Waals surface area contributed by atoms with Crippen molar-refractivity contribution in [2.24, 2.45) is 5.92 Å². The first kappa shape index (κ1) is 29.5. The molecule has 2 N–H and O–H groups in total. The summed E-state index contributed by atoms with van der Waals surface area (Å²) in [5, 5.41) is 16.4. The molecule has 1 aromatic rings. The third-order valence-electron chi connectivity index (χ3n) is 9.99. The van der Waals surface area contributed by atoms with E-state index in [2.05, 4.69) is 40.1 Å². The van der Waals surface area contributed by atoms with Crippen LogP contribution in [0.3, 0.4) is 0 Å². The highest BCUT2D eigenvalue weighted by Gasteiger charge is 2.57. The van der Waals surface area contributed by atoms with Gasteiger partial charge in [0.25, 0.3) is 0 Å². The normalized spacial score (nSPS) is 37.0. The Bertz CT molecular complexity index is 1240. The van der Waals surface area contributed by atoms with Gasteiger partial charge in [0, 0.05) is 43.6 Å². The van der Waals surface area contributed by atoms with Gasteiger partial charge in [-0.3, -0.25) is 25.1 Å². The molecular weight excluding hydrogens is 556 g/mol. The quantitative estimate of drug-likeness (QED) is 0.378. The first-order valence-electron chi connectivity index (χ1n) is 15.2. The van der Waals surface area contributed by atoms with Crippen LogP contribution in [0.25, 0.3) is 0 Å². The first-order chi connectivity index (χ1) is 20.3. The van der Waals surface area contributed by atoms with Gasteiger partial charge in [0.15, 0.2) is 17.7 Å². The van der Waals surface area contributed by atoms with Crippen molar-refractivity contribution in [3.8, 4) is 11.8 Å². The summed E-state index contributed by atoms with van der Waals surface area (Å²) >= 11 is 6.85. The van der Waals surface area contributed by atoms with Gasteiger partial charge in [-0.05, 0) is 51.4 Å². The number of benzene rings is 1. The van der Waals surface area contributed by atoms with E-state index in [0.29, 0.717) is 50.9 Å². The predicted octanol–water partition coefficient (Wildman–Crippen LogP) is 2.36. The van der Waals surface area contributed by atoms with E-state index >= 15 is 0 Å². The summed E-state index contributed by atoms with van der Waals surface area (Å²) in [6.07, 6.45) is 4.82. The lowest BCUT2D eigenvalue weighted by atomic mass is 9.69. The topological polar surface area (TPSA) is 110 Å². The number of ether oxygens (including phenoxy) is 2. The van der Waals surface area contributed by atoms with Gasteiger partial charge >= 0.3 is 0 Å². The predicted molar refractivity (Wildman–Crippen MR) is 157 cm³/mol. The molecule has 5 aliphatic rings. The largest absolute Gasteiger partial charge is 0.479 e. The van der Waals surface area contributed by atoms with Crippen molar-refractivity contribution in [1.29, 1.82) is 5.26 Å².